The van der Waals surface area contributed by atoms with E-state index in [0.717, 1.165) is 26.1 Å². The average Bonchev–Trinajstić information content (AvgIpc) is 2.87. The van der Waals surface area contributed by atoms with E-state index in [9.17, 15) is 0 Å². The Hall–Kier alpha value is -0.380. The van der Waals surface area contributed by atoms with Crippen molar-refractivity contribution in [2.75, 3.05) is 13.2 Å². The summed E-state index contributed by atoms with van der Waals surface area (Å²) in [7, 11) is 0. The fraction of sp³-hybridized carbons (Fsp3) is 0.714. The van der Waals surface area contributed by atoms with Crippen LogP contribution >= 0.6 is 11.3 Å². The normalized spacial score (nSPS) is 27.7. The fourth-order valence-electron chi connectivity index (χ4n) is 3.35. The van der Waals surface area contributed by atoms with Crippen LogP contribution in [0.15, 0.2) is 11.4 Å². The van der Waals surface area contributed by atoms with Crippen molar-refractivity contribution in [3.63, 3.8) is 0 Å². The van der Waals surface area contributed by atoms with Crippen LogP contribution in [0.25, 0.3) is 0 Å². The van der Waals surface area contributed by atoms with Crippen molar-refractivity contribution in [2.45, 2.75) is 44.1 Å². The molecule has 2 aliphatic rings. The third-order valence-corrected chi connectivity index (χ3v) is 5.37. The lowest BCUT2D eigenvalue weighted by Gasteiger charge is -2.35. The molecular formula is C14H21NOS. The molecule has 1 aliphatic carbocycles. The Morgan fingerprint density at radius 1 is 1.29 bits per heavy atom. The molecule has 1 saturated heterocycles. The summed E-state index contributed by atoms with van der Waals surface area (Å²) < 4.78 is 5.44. The molecule has 2 atom stereocenters. The third-order valence-electron chi connectivity index (χ3n) is 4.37. The first-order valence-corrected chi connectivity index (χ1v) is 7.64. The van der Waals surface area contributed by atoms with E-state index in [0.29, 0.717) is 17.9 Å². The van der Waals surface area contributed by atoms with Crippen LogP contribution in [0.1, 0.15) is 42.0 Å². The molecule has 0 amide bonds. The third kappa shape index (κ3) is 2.28. The van der Waals surface area contributed by atoms with Crippen LogP contribution in [0.5, 0.6) is 0 Å². The Bertz CT molecular complexity index is 370. The van der Waals surface area contributed by atoms with E-state index in [1.807, 2.05) is 11.3 Å². The van der Waals surface area contributed by atoms with E-state index in [2.05, 4.69) is 11.4 Å². The van der Waals surface area contributed by atoms with E-state index in [4.69, 9.17) is 10.5 Å². The molecule has 0 bridgehead atoms. The van der Waals surface area contributed by atoms with Gasteiger partial charge in [-0.25, -0.2) is 0 Å². The Morgan fingerprint density at radius 3 is 2.94 bits per heavy atom. The number of fused-ring (bicyclic) bond motifs is 1. The zero-order valence-electron chi connectivity index (χ0n) is 10.2. The second-order valence-corrected chi connectivity index (χ2v) is 6.33. The molecule has 2 unspecified atom stereocenters. The SMILES string of the molecule is NC(C1CCOCC1)C1CCCc2sccc21. The Morgan fingerprint density at radius 2 is 2.12 bits per heavy atom. The van der Waals surface area contributed by atoms with Crippen LogP contribution in [-0.4, -0.2) is 19.3 Å². The first kappa shape index (κ1) is 11.7. The summed E-state index contributed by atoms with van der Waals surface area (Å²) in [5.74, 6) is 1.27. The summed E-state index contributed by atoms with van der Waals surface area (Å²) in [5.41, 5.74) is 8.10. The van der Waals surface area contributed by atoms with E-state index in [-0.39, 0.29) is 0 Å². The van der Waals surface area contributed by atoms with Gasteiger partial charge in [0.25, 0.3) is 0 Å². The van der Waals surface area contributed by atoms with Crippen molar-refractivity contribution in [3.8, 4) is 0 Å². The Kier molecular flexibility index (Phi) is 3.50. The van der Waals surface area contributed by atoms with Crippen molar-refractivity contribution in [2.24, 2.45) is 11.7 Å². The lowest BCUT2D eigenvalue weighted by Crippen LogP contribution is -2.40. The van der Waals surface area contributed by atoms with Crippen molar-refractivity contribution < 1.29 is 4.74 Å². The number of thiophene rings is 1. The molecular weight excluding hydrogens is 230 g/mol. The topological polar surface area (TPSA) is 35.2 Å². The van der Waals surface area contributed by atoms with Gasteiger partial charge in [-0.05, 0) is 55.0 Å². The van der Waals surface area contributed by atoms with Crippen molar-refractivity contribution >= 4 is 11.3 Å². The summed E-state index contributed by atoms with van der Waals surface area (Å²) >= 11 is 1.91. The van der Waals surface area contributed by atoms with Gasteiger partial charge in [0, 0.05) is 30.1 Å². The predicted octanol–water partition coefficient (Wildman–Crippen LogP) is 2.92. The van der Waals surface area contributed by atoms with Gasteiger partial charge in [0.1, 0.15) is 0 Å². The molecule has 3 heteroatoms. The van der Waals surface area contributed by atoms with Crippen LogP contribution < -0.4 is 5.73 Å². The van der Waals surface area contributed by atoms with E-state index in [1.165, 1.54) is 19.3 Å². The molecule has 0 spiro atoms. The van der Waals surface area contributed by atoms with Crippen LogP contribution in [0.3, 0.4) is 0 Å². The molecule has 0 saturated carbocycles. The molecule has 1 aromatic heterocycles. The van der Waals surface area contributed by atoms with Crippen molar-refractivity contribution in [3.05, 3.63) is 21.9 Å². The van der Waals surface area contributed by atoms with Crippen LogP contribution in [0, 0.1) is 5.92 Å². The summed E-state index contributed by atoms with van der Waals surface area (Å²) in [6, 6.07) is 2.65. The largest absolute Gasteiger partial charge is 0.381 e. The number of hydrogen-bond donors (Lipinski definition) is 1. The fourth-order valence-corrected chi connectivity index (χ4v) is 4.35. The summed E-state index contributed by atoms with van der Waals surface area (Å²) in [6.45, 7) is 1.81. The minimum atomic E-state index is 0.340. The van der Waals surface area contributed by atoms with Crippen LogP contribution in [-0.2, 0) is 11.2 Å². The molecule has 1 aliphatic heterocycles. The Labute approximate surface area is 107 Å². The molecule has 3 rings (SSSR count). The predicted molar refractivity (Wildman–Crippen MR) is 71.5 cm³/mol. The van der Waals surface area contributed by atoms with Gasteiger partial charge in [0.2, 0.25) is 0 Å². The standard InChI is InChI=1S/C14H21NOS/c15-14(10-4-7-16-8-5-10)12-2-1-3-13-11(12)6-9-17-13/h6,9-10,12,14H,1-5,7-8,15H2. The highest BCUT2D eigenvalue weighted by atomic mass is 32.1. The van der Waals surface area contributed by atoms with Gasteiger partial charge < -0.3 is 10.5 Å². The summed E-state index contributed by atoms with van der Waals surface area (Å²) in [4.78, 5) is 1.59. The van der Waals surface area contributed by atoms with Crippen LogP contribution in [0.2, 0.25) is 0 Å². The molecule has 17 heavy (non-hydrogen) atoms. The molecule has 1 fully saturated rings. The van der Waals surface area contributed by atoms with Crippen LogP contribution in [0.4, 0.5) is 0 Å². The monoisotopic (exact) mass is 251 g/mol. The molecule has 0 aromatic carbocycles. The number of ether oxygens (including phenoxy) is 1. The highest BCUT2D eigenvalue weighted by Gasteiger charge is 2.32. The number of nitrogens with two attached hydrogens (primary N) is 1. The molecule has 94 valence electrons. The summed E-state index contributed by atoms with van der Waals surface area (Å²) in [6.07, 6.45) is 6.16. The van der Waals surface area contributed by atoms with Gasteiger partial charge in [0.15, 0.2) is 0 Å². The van der Waals surface area contributed by atoms with Gasteiger partial charge in [-0.3, -0.25) is 0 Å². The maximum Gasteiger partial charge on any atom is 0.0469 e. The Balaban J connectivity index is 1.76. The molecule has 0 radical (unpaired) electrons. The first-order chi connectivity index (χ1) is 8.36. The van der Waals surface area contributed by atoms with Gasteiger partial charge in [-0.1, -0.05) is 0 Å². The number of hydrogen-bond acceptors (Lipinski definition) is 3. The van der Waals surface area contributed by atoms with Gasteiger partial charge >= 0.3 is 0 Å². The van der Waals surface area contributed by atoms with Crippen molar-refractivity contribution in [1.29, 1.82) is 0 Å². The lowest BCUT2D eigenvalue weighted by atomic mass is 9.76. The zero-order chi connectivity index (χ0) is 11.7. The minimum Gasteiger partial charge on any atom is -0.381 e. The molecule has 1 aromatic rings. The van der Waals surface area contributed by atoms with E-state index in [1.54, 1.807) is 10.4 Å². The zero-order valence-corrected chi connectivity index (χ0v) is 11.0. The highest BCUT2D eigenvalue weighted by Crippen LogP contribution is 2.39. The number of rotatable bonds is 2. The number of aryl methyl sites for hydroxylation is 1. The van der Waals surface area contributed by atoms with Gasteiger partial charge in [-0.15, -0.1) is 11.3 Å². The second-order valence-electron chi connectivity index (χ2n) is 5.32. The van der Waals surface area contributed by atoms with Gasteiger partial charge in [0.05, 0.1) is 0 Å². The average molecular weight is 251 g/mol. The second kappa shape index (κ2) is 5.09. The molecule has 2 nitrogen and oxygen atoms in total. The minimum absolute atomic E-state index is 0.340. The van der Waals surface area contributed by atoms with E-state index >= 15 is 0 Å². The quantitative estimate of drug-likeness (QED) is 0.877. The maximum absolute atomic E-state index is 6.55. The van der Waals surface area contributed by atoms with Crippen molar-refractivity contribution in [1.82, 2.24) is 0 Å². The summed E-state index contributed by atoms with van der Waals surface area (Å²) in [5, 5.41) is 2.24. The first-order valence-electron chi connectivity index (χ1n) is 6.76. The van der Waals surface area contributed by atoms with E-state index < -0.39 is 0 Å². The molecule has 2 N–H and O–H groups in total. The molecule has 2 heterocycles. The smallest absolute Gasteiger partial charge is 0.0469 e. The van der Waals surface area contributed by atoms with Gasteiger partial charge in [-0.2, -0.15) is 0 Å². The maximum atomic E-state index is 6.55. The highest BCUT2D eigenvalue weighted by molar-refractivity contribution is 7.10. The lowest BCUT2D eigenvalue weighted by molar-refractivity contribution is 0.0545.